The maximum absolute atomic E-state index is 12.2. The van der Waals surface area contributed by atoms with Gasteiger partial charge in [-0.2, -0.15) is 18.3 Å². The number of aliphatic hydroxyl groups excluding tert-OH is 1. The summed E-state index contributed by atoms with van der Waals surface area (Å²) in [5.41, 5.74) is 2.39. The number of alkyl halides is 3. The summed E-state index contributed by atoms with van der Waals surface area (Å²) in [4.78, 5) is 0. The van der Waals surface area contributed by atoms with E-state index in [0.29, 0.717) is 12.8 Å². The molecule has 0 aliphatic rings. The van der Waals surface area contributed by atoms with Crippen LogP contribution in [0.3, 0.4) is 0 Å². The Bertz CT molecular complexity index is 411. The van der Waals surface area contributed by atoms with Crippen LogP contribution in [0, 0.1) is 0 Å². The topological polar surface area (TPSA) is 38.0 Å². The average molecular weight is 278 g/mol. The summed E-state index contributed by atoms with van der Waals surface area (Å²) in [7, 11) is 0. The van der Waals surface area contributed by atoms with Crippen molar-refractivity contribution in [3.63, 3.8) is 0 Å². The number of nitrogens with zero attached hydrogens (tertiary/aromatic N) is 2. The van der Waals surface area contributed by atoms with Crippen LogP contribution in [0.2, 0.25) is 0 Å². The van der Waals surface area contributed by atoms with Gasteiger partial charge in [0.25, 0.3) is 0 Å². The van der Waals surface area contributed by atoms with Crippen LogP contribution in [0.15, 0.2) is 0 Å². The maximum Gasteiger partial charge on any atom is 0.389 e. The van der Waals surface area contributed by atoms with Gasteiger partial charge in [0.1, 0.15) is 0 Å². The van der Waals surface area contributed by atoms with Gasteiger partial charge >= 0.3 is 6.18 Å². The molecule has 0 aliphatic carbocycles. The lowest BCUT2D eigenvalue weighted by Gasteiger charge is -2.10. The molecular formula is C13H21F3N2O. The van der Waals surface area contributed by atoms with Crippen LogP contribution < -0.4 is 0 Å². The minimum absolute atomic E-state index is 0.0145. The van der Waals surface area contributed by atoms with Crippen molar-refractivity contribution in [3.8, 4) is 0 Å². The summed E-state index contributed by atoms with van der Waals surface area (Å²) in [6, 6.07) is 0. The Labute approximate surface area is 111 Å². The number of aliphatic hydroxyl groups is 1. The molecule has 0 aromatic carbocycles. The minimum Gasteiger partial charge on any atom is -0.389 e. The van der Waals surface area contributed by atoms with Crippen LogP contribution in [-0.2, 0) is 19.4 Å². The number of aryl methyl sites for hydroxylation is 2. The highest BCUT2D eigenvalue weighted by Gasteiger charge is 2.26. The first-order valence-electron chi connectivity index (χ1n) is 6.63. The Morgan fingerprint density at radius 1 is 1.26 bits per heavy atom. The fourth-order valence-electron chi connectivity index (χ4n) is 2.30. The predicted molar refractivity (Wildman–Crippen MR) is 66.9 cm³/mol. The molecule has 6 heteroatoms. The zero-order valence-electron chi connectivity index (χ0n) is 11.6. The van der Waals surface area contributed by atoms with Crippen molar-refractivity contribution in [3.05, 3.63) is 17.0 Å². The van der Waals surface area contributed by atoms with Crippen LogP contribution in [0.25, 0.3) is 0 Å². The molecule has 19 heavy (non-hydrogen) atoms. The minimum atomic E-state index is -4.12. The summed E-state index contributed by atoms with van der Waals surface area (Å²) >= 11 is 0. The van der Waals surface area contributed by atoms with Crippen LogP contribution in [-0.4, -0.2) is 21.1 Å². The lowest BCUT2D eigenvalue weighted by atomic mass is 10.0. The fourth-order valence-corrected chi connectivity index (χ4v) is 2.30. The standard InChI is InChI=1S/C13H21F3N2O/c1-4-10-12(9(3)19)11(5-2)18(17-10)8-6-7-13(14,15)16/h9,19H,4-8H2,1-3H3. The summed E-state index contributed by atoms with van der Waals surface area (Å²) in [6.07, 6.45) is -4.23. The largest absolute Gasteiger partial charge is 0.389 e. The molecule has 0 aliphatic heterocycles. The predicted octanol–water partition coefficient (Wildman–Crippen LogP) is 3.40. The van der Waals surface area contributed by atoms with Crippen LogP contribution in [0.5, 0.6) is 0 Å². The lowest BCUT2D eigenvalue weighted by Crippen LogP contribution is -2.11. The van der Waals surface area contributed by atoms with E-state index in [2.05, 4.69) is 5.10 Å². The molecule has 1 rings (SSSR count). The molecule has 0 spiro atoms. The number of rotatable bonds is 6. The van der Waals surface area contributed by atoms with E-state index in [1.54, 1.807) is 11.6 Å². The molecule has 110 valence electrons. The van der Waals surface area contributed by atoms with E-state index < -0.39 is 18.7 Å². The molecular weight excluding hydrogens is 257 g/mol. The van der Waals surface area contributed by atoms with E-state index in [4.69, 9.17) is 0 Å². The van der Waals surface area contributed by atoms with Gasteiger partial charge in [-0.1, -0.05) is 13.8 Å². The molecule has 0 bridgehead atoms. The van der Waals surface area contributed by atoms with E-state index in [-0.39, 0.29) is 13.0 Å². The number of aromatic nitrogens is 2. The van der Waals surface area contributed by atoms with Gasteiger partial charge < -0.3 is 5.11 Å². The van der Waals surface area contributed by atoms with Crippen molar-refractivity contribution in [2.75, 3.05) is 0 Å². The van der Waals surface area contributed by atoms with Crippen molar-refractivity contribution in [1.29, 1.82) is 0 Å². The quantitative estimate of drug-likeness (QED) is 0.866. The summed E-state index contributed by atoms with van der Waals surface area (Å²) in [5, 5.41) is 14.1. The van der Waals surface area contributed by atoms with E-state index in [1.807, 2.05) is 13.8 Å². The summed E-state index contributed by atoms with van der Waals surface area (Å²) in [6.45, 7) is 5.74. The van der Waals surface area contributed by atoms with Crippen molar-refractivity contribution in [2.45, 2.75) is 65.3 Å². The van der Waals surface area contributed by atoms with Crippen LogP contribution in [0.4, 0.5) is 13.2 Å². The SMILES string of the molecule is CCc1nn(CCCC(F)(F)F)c(CC)c1C(C)O. The van der Waals surface area contributed by atoms with Gasteiger partial charge in [0.15, 0.2) is 0 Å². The number of hydrogen-bond acceptors (Lipinski definition) is 2. The second-order valence-corrected chi connectivity index (χ2v) is 4.63. The first-order chi connectivity index (χ1) is 8.80. The molecule has 1 heterocycles. The second kappa shape index (κ2) is 6.41. The zero-order valence-corrected chi connectivity index (χ0v) is 11.6. The smallest absolute Gasteiger partial charge is 0.389 e. The average Bonchev–Trinajstić information content (AvgIpc) is 2.65. The first-order valence-corrected chi connectivity index (χ1v) is 6.63. The molecule has 1 N–H and O–H groups in total. The molecule has 1 aromatic rings. The first kappa shape index (κ1) is 16.0. The molecule has 1 unspecified atom stereocenters. The summed E-state index contributed by atoms with van der Waals surface area (Å²) < 4.78 is 38.1. The number of hydrogen-bond donors (Lipinski definition) is 1. The van der Waals surface area contributed by atoms with Crippen LogP contribution >= 0.6 is 0 Å². The second-order valence-electron chi connectivity index (χ2n) is 4.63. The van der Waals surface area contributed by atoms with Gasteiger partial charge in [0, 0.05) is 24.2 Å². The Morgan fingerprint density at radius 3 is 2.32 bits per heavy atom. The third kappa shape index (κ3) is 4.23. The highest BCUT2D eigenvalue weighted by molar-refractivity contribution is 5.28. The Morgan fingerprint density at radius 2 is 1.89 bits per heavy atom. The Balaban J connectivity index is 2.89. The molecule has 0 saturated carbocycles. The number of halogens is 3. The van der Waals surface area contributed by atoms with Gasteiger partial charge in [-0.25, -0.2) is 0 Å². The van der Waals surface area contributed by atoms with Crippen molar-refractivity contribution in [1.82, 2.24) is 9.78 Å². The third-order valence-electron chi connectivity index (χ3n) is 3.09. The third-order valence-corrected chi connectivity index (χ3v) is 3.09. The molecule has 1 aromatic heterocycles. The molecule has 0 amide bonds. The van der Waals surface area contributed by atoms with E-state index in [0.717, 1.165) is 17.0 Å². The molecule has 0 radical (unpaired) electrons. The summed E-state index contributed by atoms with van der Waals surface area (Å²) in [5.74, 6) is 0. The molecule has 1 atom stereocenters. The van der Waals surface area contributed by atoms with Gasteiger partial charge in [0.05, 0.1) is 11.8 Å². The molecule has 0 fully saturated rings. The van der Waals surface area contributed by atoms with Crippen molar-refractivity contribution >= 4 is 0 Å². The van der Waals surface area contributed by atoms with Gasteiger partial charge in [-0.05, 0) is 26.2 Å². The highest BCUT2D eigenvalue weighted by Crippen LogP contribution is 2.25. The monoisotopic (exact) mass is 278 g/mol. The van der Waals surface area contributed by atoms with Crippen LogP contribution in [0.1, 0.15) is 56.7 Å². The maximum atomic E-state index is 12.2. The van der Waals surface area contributed by atoms with Crippen molar-refractivity contribution in [2.24, 2.45) is 0 Å². The molecule has 0 saturated heterocycles. The van der Waals surface area contributed by atoms with E-state index in [9.17, 15) is 18.3 Å². The van der Waals surface area contributed by atoms with E-state index >= 15 is 0 Å². The Hall–Kier alpha value is -1.04. The highest BCUT2D eigenvalue weighted by atomic mass is 19.4. The van der Waals surface area contributed by atoms with Gasteiger partial charge in [0.2, 0.25) is 0 Å². The van der Waals surface area contributed by atoms with Gasteiger partial charge in [-0.15, -0.1) is 0 Å². The van der Waals surface area contributed by atoms with Crippen molar-refractivity contribution < 1.29 is 18.3 Å². The Kier molecular flexibility index (Phi) is 5.40. The van der Waals surface area contributed by atoms with Gasteiger partial charge in [-0.3, -0.25) is 4.68 Å². The zero-order chi connectivity index (χ0) is 14.6. The fraction of sp³-hybridized carbons (Fsp3) is 0.769. The lowest BCUT2D eigenvalue weighted by molar-refractivity contribution is -0.136. The van der Waals surface area contributed by atoms with E-state index in [1.165, 1.54) is 0 Å². The normalized spacial score (nSPS) is 13.8. The molecule has 3 nitrogen and oxygen atoms in total.